The zero-order chi connectivity index (χ0) is 25.5. The lowest BCUT2D eigenvalue weighted by atomic mass is 9.85. The molecule has 0 aliphatic carbocycles. The first-order valence-electron chi connectivity index (χ1n) is 11.2. The van der Waals surface area contributed by atoms with E-state index in [-0.39, 0.29) is 24.4 Å². The second-order valence-electron chi connectivity index (χ2n) is 7.59. The molecule has 0 bridgehead atoms. The lowest BCUT2D eigenvalue weighted by Crippen LogP contribution is -2.39. The van der Waals surface area contributed by atoms with Crippen molar-refractivity contribution in [3.05, 3.63) is 40.7 Å². The smallest absolute Gasteiger partial charge is 0.337 e. The molecule has 35 heavy (non-hydrogen) atoms. The molecule has 1 aromatic carbocycles. The second kappa shape index (κ2) is 11.4. The molecule has 0 aromatic heterocycles. The van der Waals surface area contributed by atoms with Gasteiger partial charge in [-0.2, -0.15) is 0 Å². The maximum atomic E-state index is 13.1. The van der Waals surface area contributed by atoms with Crippen molar-refractivity contribution in [1.82, 2.24) is 5.32 Å². The Morgan fingerprint density at radius 1 is 0.914 bits per heavy atom. The predicted octanol–water partition coefficient (Wildman–Crippen LogP) is 1.83. The van der Waals surface area contributed by atoms with Gasteiger partial charge in [0.05, 0.1) is 24.4 Å². The van der Waals surface area contributed by atoms with Crippen molar-refractivity contribution >= 4 is 29.5 Å². The number of amides is 1. The number of ether oxygens (including phenoxy) is 5. The lowest BCUT2D eigenvalue weighted by Gasteiger charge is -2.28. The molecule has 2 heterocycles. The van der Waals surface area contributed by atoms with Gasteiger partial charge >= 0.3 is 17.9 Å². The number of nitrogens with one attached hydrogen (secondary N) is 2. The third kappa shape index (κ3) is 5.92. The highest BCUT2D eigenvalue weighted by molar-refractivity contribution is 6.06. The number of hydrogen-bond donors (Lipinski definition) is 2. The van der Waals surface area contributed by atoms with Crippen molar-refractivity contribution in [3.8, 4) is 11.5 Å². The fourth-order valence-corrected chi connectivity index (χ4v) is 3.73. The Balaban J connectivity index is 1.76. The zero-order valence-corrected chi connectivity index (χ0v) is 20.0. The van der Waals surface area contributed by atoms with E-state index < -0.39 is 36.3 Å². The standard InChI is InChI=1S/C24H28N2O9/c1-5-31-22(28)19-13(3)25-14(4)20(23(29)32-6-2)21(19)24(30)35-12-18(27)26-15-7-8-16-17(11-15)34-10-9-33-16/h7-8,11,21,25H,5-6,9-10,12H2,1-4H3,(H,26,27). The number of carbonyl (C=O) groups is 4. The quantitative estimate of drug-likeness (QED) is 0.412. The third-order valence-electron chi connectivity index (χ3n) is 5.16. The minimum atomic E-state index is -1.42. The SMILES string of the molecule is CCOC(=O)C1=C(C)NC(C)=C(C(=O)OCC)C1C(=O)OCC(=O)Nc1ccc2c(c1)OCCO2. The molecule has 0 saturated carbocycles. The van der Waals surface area contributed by atoms with Crippen LogP contribution < -0.4 is 20.1 Å². The molecule has 0 unspecified atom stereocenters. The Morgan fingerprint density at radius 3 is 2.06 bits per heavy atom. The van der Waals surface area contributed by atoms with Crippen LogP contribution in [0.3, 0.4) is 0 Å². The highest BCUT2D eigenvalue weighted by Crippen LogP contribution is 2.34. The van der Waals surface area contributed by atoms with E-state index in [1.165, 1.54) is 0 Å². The number of esters is 3. The first-order valence-corrected chi connectivity index (χ1v) is 11.2. The number of benzene rings is 1. The Labute approximate surface area is 202 Å². The van der Waals surface area contributed by atoms with Crippen molar-refractivity contribution in [1.29, 1.82) is 0 Å². The van der Waals surface area contributed by atoms with Crippen LogP contribution >= 0.6 is 0 Å². The molecule has 0 saturated heterocycles. The number of hydrogen-bond acceptors (Lipinski definition) is 10. The maximum Gasteiger partial charge on any atom is 0.337 e. The van der Waals surface area contributed by atoms with Crippen LogP contribution in [0.1, 0.15) is 27.7 Å². The van der Waals surface area contributed by atoms with E-state index >= 15 is 0 Å². The molecule has 2 aliphatic rings. The Bertz CT molecular complexity index is 1050. The van der Waals surface area contributed by atoms with Crippen LogP contribution in [0.15, 0.2) is 40.7 Å². The van der Waals surface area contributed by atoms with Crippen molar-refractivity contribution in [3.63, 3.8) is 0 Å². The molecule has 0 spiro atoms. The number of fused-ring (bicyclic) bond motifs is 1. The summed E-state index contributed by atoms with van der Waals surface area (Å²) in [6, 6.07) is 4.87. The monoisotopic (exact) mass is 488 g/mol. The summed E-state index contributed by atoms with van der Waals surface area (Å²) in [4.78, 5) is 50.9. The lowest BCUT2D eigenvalue weighted by molar-refractivity contribution is -0.153. The van der Waals surface area contributed by atoms with Gasteiger partial charge in [0.1, 0.15) is 19.1 Å². The molecule has 2 aliphatic heterocycles. The Hall–Kier alpha value is -4.02. The van der Waals surface area contributed by atoms with E-state index in [4.69, 9.17) is 23.7 Å². The number of allylic oxidation sites excluding steroid dienone is 2. The molecule has 11 nitrogen and oxygen atoms in total. The molecule has 2 N–H and O–H groups in total. The van der Waals surface area contributed by atoms with Crippen LogP contribution in [0.25, 0.3) is 0 Å². The Kier molecular flexibility index (Phi) is 8.34. The zero-order valence-electron chi connectivity index (χ0n) is 20.0. The van der Waals surface area contributed by atoms with Crippen molar-refractivity contribution < 1.29 is 42.9 Å². The van der Waals surface area contributed by atoms with Gasteiger partial charge in [-0.15, -0.1) is 0 Å². The average Bonchev–Trinajstić information content (AvgIpc) is 2.82. The third-order valence-corrected chi connectivity index (χ3v) is 5.16. The van der Waals surface area contributed by atoms with Gasteiger partial charge in [-0.1, -0.05) is 0 Å². The van der Waals surface area contributed by atoms with Crippen LogP contribution in [0.5, 0.6) is 11.5 Å². The minimum Gasteiger partial charge on any atom is -0.486 e. The summed E-state index contributed by atoms with van der Waals surface area (Å²) in [5.74, 6) is -3.52. The summed E-state index contributed by atoms with van der Waals surface area (Å²) in [5.41, 5.74) is 0.909. The van der Waals surface area contributed by atoms with Gasteiger partial charge in [-0.25, -0.2) is 9.59 Å². The molecule has 11 heteroatoms. The van der Waals surface area contributed by atoms with Gasteiger partial charge in [-0.05, 0) is 39.8 Å². The molecule has 3 rings (SSSR count). The van der Waals surface area contributed by atoms with Crippen molar-refractivity contribution in [2.24, 2.45) is 5.92 Å². The molecule has 0 radical (unpaired) electrons. The van der Waals surface area contributed by atoms with Crippen molar-refractivity contribution in [2.45, 2.75) is 27.7 Å². The molecule has 1 amide bonds. The maximum absolute atomic E-state index is 13.1. The van der Waals surface area contributed by atoms with Crippen LogP contribution in [-0.4, -0.2) is 56.8 Å². The molecule has 0 atom stereocenters. The van der Waals surface area contributed by atoms with Crippen LogP contribution in [-0.2, 0) is 33.4 Å². The van der Waals surface area contributed by atoms with E-state index in [0.717, 1.165) is 0 Å². The Morgan fingerprint density at radius 2 is 1.49 bits per heavy atom. The van der Waals surface area contributed by atoms with Crippen molar-refractivity contribution in [2.75, 3.05) is 38.4 Å². The van der Waals surface area contributed by atoms with E-state index in [1.54, 1.807) is 45.9 Å². The summed E-state index contributed by atoms with van der Waals surface area (Å²) in [6.45, 7) is 6.69. The number of anilines is 1. The summed E-state index contributed by atoms with van der Waals surface area (Å²) < 4.78 is 26.3. The fraction of sp³-hybridized carbons (Fsp3) is 0.417. The summed E-state index contributed by atoms with van der Waals surface area (Å²) in [7, 11) is 0. The number of carbonyl (C=O) groups excluding carboxylic acids is 4. The fourth-order valence-electron chi connectivity index (χ4n) is 3.73. The van der Waals surface area contributed by atoms with E-state index in [9.17, 15) is 19.2 Å². The van der Waals surface area contributed by atoms with Crippen LogP contribution in [0.4, 0.5) is 5.69 Å². The first-order chi connectivity index (χ1) is 16.8. The van der Waals surface area contributed by atoms with Gasteiger partial charge in [-0.3, -0.25) is 9.59 Å². The van der Waals surface area contributed by atoms with E-state index in [2.05, 4.69) is 10.6 Å². The summed E-state index contributed by atoms with van der Waals surface area (Å²) >= 11 is 0. The first kappa shape index (κ1) is 25.6. The molecule has 0 fully saturated rings. The second-order valence-corrected chi connectivity index (χ2v) is 7.59. The van der Waals surface area contributed by atoms with Gasteiger partial charge in [0.25, 0.3) is 5.91 Å². The number of dihydropyridines is 1. The van der Waals surface area contributed by atoms with Gasteiger partial charge in [0.15, 0.2) is 18.1 Å². The van der Waals surface area contributed by atoms with Gasteiger partial charge in [0, 0.05) is 23.1 Å². The predicted molar refractivity (Wildman–Crippen MR) is 122 cm³/mol. The highest BCUT2D eigenvalue weighted by atomic mass is 16.6. The summed E-state index contributed by atoms with van der Waals surface area (Å²) in [6.07, 6.45) is 0. The van der Waals surface area contributed by atoms with Crippen LogP contribution in [0, 0.1) is 5.92 Å². The largest absolute Gasteiger partial charge is 0.486 e. The molecule has 188 valence electrons. The summed E-state index contributed by atoms with van der Waals surface area (Å²) in [5, 5.41) is 5.52. The van der Waals surface area contributed by atoms with Crippen LogP contribution in [0.2, 0.25) is 0 Å². The normalized spacial score (nSPS) is 15.2. The van der Waals surface area contributed by atoms with E-state index in [0.29, 0.717) is 41.8 Å². The minimum absolute atomic E-state index is 0.0623. The number of rotatable bonds is 8. The topological polar surface area (TPSA) is 138 Å². The molecular weight excluding hydrogens is 460 g/mol. The average molecular weight is 488 g/mol. The molecule has 1 aromatic rings. The van der Waals surface area contributed by atoms with Gasteiger partial charge in [0.2, 0.25) is 0 Å². The highest BCUT2D eigenvalue weighted by Gasteiger charge is 2.42. The molecular formula is C24H28N2O9. The van der Waals surface area contributed by atoms with Gasteiger partial charge < -0.3 is 34.3 Å². The van der Waals surface area contributed by atoms with E-state index in [1.807, 2.05) is 0 Å².